The normalized spacial score (nSPS) is 17.9. The van der Waals surface area contributed by atoms with Gasteiger partial charge in [-0.05, 0) is 48.2 Å². The van der Waals surface area contributed by atoms with Gasteiger partial charge in [0.05, 0.1) is 5.52 Å². The van der Waals surface area contributed by atoms with Crippen LogP contribution in [0.3, 0.4) is 0 Å². The highest BCUT2D eigenvalue weighted by molar-refractivity contribution is 5.84. The number of nitrogens with zero attached hydrogens (tertiary/aromatic N) is 1. The van der Waals surface area contributed by atoms with Gasteiger partial charge in [0.25, 0.3) is 0 Å². The average molecular weight is 242 g/mol. The SMILES string of the molecule is CC(CN)c1cccc2ccn(CC3CCC3)c12. The molecule has 2 nitrogen and oxygen atoms in total. The number of benzene rings is 1. The van der Waals surface area contributed by atoms with E-state index in [1.165, 1.54) is 42.3 Å². The van der Waals surface area contributed by atoms with Gasteiger partial charge < -0.3 is 10.3 Å². The van der Waals surface area contributed by atoms with Gasteiger partial charge in [-0.2, -0.15) is 0 Å². The van der Waals surface area contributed by atoms with Crippen molar-refractivity contribution in [1.29, 1.82) is 0 Å². The molecule has 96 valence electrons. The molecule has 0 radical (unpaired) electrons. The Morgan fingerprint density at radius 1 is 1.33 bits per heavy atom. The van der Waals surface area contributed by atoms with Crippen molar-refractivity contribution in [2.75, 3.05) is 6.54 Å². The number of rotatable bonds is 4. The standard InChI is InChI=1S/C16H22N2/c1-12(10-17)15-7-3-6-14-8-9-18(16(14)15)11-13-4-2-5-13/h3,6-9,12-13H,2,4-5,10-11,17H2,1H3. The average Bonchev–Trinajstić information content (AvgIpc) is 2.76. The second kappa shape index (κ2) is 4.77. The first kappa shape index (κ1) is 11.8. The Labute approximate surface area is 109 Å². The second-order valence-electron chi connectivity index (χ2n) is 5.69. The van der Waals surface area contributed by atoms with Gasteiger partial charge in [0, 0.05) is 12.7 Å². The van der Waals surface area contributed by atoms with Crippen LogP contribution in [0.2, 0.25) is 0 Å². The summed E-state index contributed by atoms with van der Waals surface area (Å²) < 4.78 is 2.45. The number of fused-ring (bicyclic) bond motifs is 1. The summed E-state index contributed by atoms with van der Waals surface area (Å²) in [5.41, 5.74) is 8.65. The predicted molar refractivity (Wildman–Crippen MR) is 76.7 cm³/mol. The van der Waals surface area contributed by atoms with E-state index in [1.54, 1.807) is 0 Å². The van der Waals surface area contributed by atoms with Crippen molar-refractivity contribution < 1.29 is 0 Å². The third-order valence-corrected chi connectivity index (χ3v) is 4.38. The van der Waals surface area contributed by atoms with Crippen LogP contribution in [-0.4, -0.2) is 11.1 Å². The molecule has 0 aliphatic heterocycles. The Balaban J connectivity index is 2.02. The fourth-order valence-corrected chi connectivity index (χ4v) is 2.92. The van der Waals surface area contributed by atoms with Crippen LogP contribution in [0.1, 0.15) is 37.7 Å². The molecule has 0 spiro atoms. The van der Waals surface area contributed by atoms with Crippen LogP contribution in [-0.2, 0) is 6.54 Å². The quantitative estimate of drug-likeness (QED) is 0.874. The zero-order valence-electron chi connectivity index (χ0n) is 11.1. The van der Waals surface area contributed by atoms with Crippen LogP contribution < -0.4 is 5.73 Å². The topological polar surface area (TPSA) is 30.9 Å². The van der Waals surface area contributed by atoms with E-state index in [2.05, 4.69) is 42.0 Å². The molecule has 2 N–H and O–H groups in total. The highest BCUT2D eigenvalue weighted by Gasteiger charge is 2.19. The van der Waals surface area contributed by atoms with Gasteiger partial charge in [-0.15, -0.1) is 0 Å². The lowest BCUT2D eigenvalue weighted by atomic mass is 9.85. The summed E-state index contributed by atoms with van der Waals surface area (Å²) in [5.74, 6) is 1.32. The number of para-hydroxylation sites is 1. The van der Waals surface area contributed by atoms with Crippen LogP contribution in [0, 0.1) is 5.92 Å². The zero-order valence-corrected chi connectivity index (χ0v) is 11.1. The Hall–Kier alpha value is -1.28. The van der Waals surface area contributed by atoms with Gasteiger partial charge in [-0.3, -0.25) is 0 Å². The third kappa shape index (κ3) is 1.95. The van der Waals surface area contributed by atoms with E-state index >= 15 is 0 Å². The van der Waals surface area contributed by atoms with Crippen molar-refractivity contribution in [3.63, 3.8) is 0 Å². The summed E-state index contributed by atoms with van der Waals surface area (Å²) in [6.07, 6.45) is 6.45. The Morgan fingerprint density at radius 2 is 2.17 bits per heavy atom. The Morgan fingerprint density at radius 3 is 2.83 bits per heavy atom. The van der Waals surface area contributed by atoms with Gasteiger partial charge in [-0.1, -0.05) is 31.5 Å². The molecule has 3 rings (SSSR count). The van der Waals surface area contributed by atoms with E-state index in [-0.39, 0.29) is 0 Å². The monoisotopic (exact) mass is 242 g/mol. The highest BCUT2D eigenvalue weighted by atomic mass is 15.0. The van der Waals surface area contributed by atoms with E-state index in [0.29, 0.717) is 12.5 Å². The lowest BCUT2D eigenvalue weighted by molar-refractivity contribution is 0.279. The fraction of sp³-hybridized carbons (Fsp3) is 0.500. The van der Waals surface area contributed by atoms with Crippen molar-refractivity contribution in [3.05, 3.63) is 36.0 Å². The summed E-state index contributed by atoms with van der Waals surface area (Å²) in [5, 5.41) is 1.35. The molecule has 1 aliphatic carbocycles. The van der Waals surface area contributed by atoms with Gasteiger partial charge in [0.2, 0.25) is 0 Å². The minimum Gasteiger partial charge on any atom is -0.347 e. The molecular weight excluding hydrogens is 220 g/mol. The molecule has 1 saturated carbocycles. The minimum atomic E-state index is 0.434. The maximum Gasteiger partial charge on any atom is 0.0516 e. The van der Waals surface area contributed by atoms with Gasteiger partial charge >= 0.3 is 0 Å². The molecule has 0 amide bonds. The van der Waals surface area contributed by atoms with Crippen molar-refractivity contribution in [3.8, 4) is 0 Å². The van der Waals surface area contributed by atoms with Crippen molar-refractivity contribution in [2.24, 2.45) is 11.7 Å². The molecule has 1 unspecified atom stereocenters. The van der Waals surface area contributed by atoms with Gasteiger partial charge in [0.15, 0.2) is 0 Å². The fourth-order valence-electron chi connectivity index (χ4n) is 2.92. The van der Waals surface area contributed by atoms with E-state index in [4.69, 9.17) is 5.73 Å². The molecule has 0 bridgehead atoms. The molecule has 1 aliphatic rings. The Kier molecular flexibility index (Phi) is 3.13. The molecule has 1 aromatic carbocycles. The number of nitrogens with two attached hydrogens (primary N) is 1. The minimum absolute atomic E-state index is 0.434. The highest BCUT2D eigenvalue weighted by Crippen LogP contribution is 2.31. The van der Waals surface area contributed by atoms with Crippen molar-refractivity contribution >= 4 is 10.9 Å². The smallest absolute Gasteiger partial charge is 0.0516 e. The van der Waals surface area contributed by atoms with Gasteiger partial charge in [-0.25, -0.2) is 0 Å². The molecule has 1 fully saturated rings. The summed E-state index contributed by atoms with van der Waals surface area (Å²) in [4.78, 5) is 0. The maximum absolute atomic E-state index is 5.84. The zero-order chi connectivity index (χ0) is 12.5. The first-order valence-corrected chi connectivity index (χ1v) is 7.07. The number of aromatic nitrogens is 1. The van der Waals surface area contributed by atoms with Crippen molar-refractivity contribution in [2.45, 2.75) is 38.6 Å². The molecule has 2 heteroatoms. The summed E-state index contributed by atoms with van der Waals surface area (Å²) in [6.45, 7) is 4.11. The van der Waals surface area contributed by atoms with Gasteiger partial charge in [0.1, 0.15) is 0 Å². The summed E-state index contributed by atoms with van der Waals surface area (Å²) in [7, 11) is 0. The molecule has 1 aromatic heterocycles. The van der Waals surface area contributed by atoms with Crippen LogP contribution in [0.15, 0.2) is 30.5 Å². The molecule has 0 saturated heterocycles. The molecule has 1 atom stereocenters. The van der Waals surface area contributed by atoms with Crippen LogP contribution in [0.4, 0.5) is 0 Å². The lowest BCUT2D eigenvalue weighted by Gasteiger charge is -2.26. The molecule has 18 heavy (non-hydrogen) atoms. The predicted octanol–water partition coefficient (Wildman–Crippen LogP) is 3.50. The van der Waals surface area contributed by atoms with Crippen LogP contribution in [0.25, 0.3) is 10.9 Å². The number of hydrogen-bond acceptors (Lipinski definition) is 1. The first-order valence-electron chi connectivity index (χ1n) is 7.07. The molecule has 1 heterocycles. The van der Waals surface area contributed by atoms with Crippen molar-refractivity contribution in [1.82, 2.24) is 4.57 Å². The second-order valence-corrected chi connectivity index (χ2v) is 5.69. The first-order chi connectivity index (χ1) is 8.79. The molecular formula is C16H22N2. The summed E-state index contributed by atoms with van der Waals surface area (Å²) >= 11 is 0. The molecule has 2 aromatic rings. The van der Waals surface area contributed by atoms with E-state index in [9.17, 15) is 0 Å². The van der Waals surface area contributed by atoms with E-state index in [0.717, 1.165) is 5.92 Å². The lowest BCUT2D eigenvalue weighted by Crippen LogP contribution is -2.18. The number of hydrogen-bond donors (Lipinski definition) is 1. The third-order valence-electron chi connectivity index (χ3n) is 4.38. The van der Waals surface area contributed by atoms with Crippen LogP contribution >= 0.6 is 0 Å². The van der Waals surface area contributed by atoms with Crippen LogP contribution in [0.5, 0.6) is 0 Å². The largest absolute Gasteiger partial charge is 0.347 e. The Bertz CT molecular complexity index is 537. The van der Waals surface area contributed by atoms with E-state index < -0.39 is 0 Å². The van der Waals surface area contributed by atoms with E-state index in [1.807, 2.05) is 0 Å². The maximum atomic E-state index is 5.84. The summed E-state index contributed by atoms with van der Waals surface area (Å²) in [6, 6.07) is 8.83.